The maximum absolute atomic E-state index is 12.5. The van der Waals surface area contributed by atoms with Crippen LogP contribution < -0.4 is 9.62 Å². The van der Waals surface area contributed by atoms with E-state index >= 15 is 0 Å². The van der Waals surface area contributed by atoms with Gasteiger partial charge in [0.05, 0.1) is 29.4 Å². The molecule has 8 heteroatoms. The van der Waals surface area contributed by atoms with E-state index in [9.17, 15) is 13.2 Å². The van der Waals surface area contributed by atoms with Crippen molar-refractivity contribution >= 4 is 27.4 Å². The number of carboxylic acid groups (broad SMARTS) is 1. The second-order valence-corrected chi connectivity index (χ2v) is 7.27. The molecule has 7 nitrogen and oxygen atoms in total. The van der Waals surface area contributed by atoms with Crippen molar-refractivity contribution in [1.82, 2.24) is 0 Å². The van der Waals surface area contributed by atoms with E-state index < -0.39 is 16.0 Å². The van der Waals surface area contributed by atoms with Crippen LogP contribution >= 0.6 is 0 Å². The van der Waals surface area contributed by atoms with Crippen LogP contribution in [0.5, 0.6) is 0 Å². The summed E-state index contributed by atoms with van der Waals surface area (Å²) in [5, 5.41) is 9.01. The fourth-order valence-electron chi connectivity index (χ4n) is 2.60. The number of rotatable bonds is 5. The molecule has 2 aromatic carbocycles. The van der Waals surface area contributed by atoms with Crippen LogP contribution in [0.2, 0.25) is 0 Å². The minimum Gasteiger partial charge on any atom is -0.478 e. The van der Waals surface area contributed by atoms with Gasteiger partial charge in [-0.05, 0) is 36.4 Å². The molecule has 2 aromatic rings. The van der Waals surface area contributed by atoms with E-state index in [1.807, 2.05) is 6.07 Å². The summed E-state index contributed by atoms with van der Waals surface area (Å²) in [5.74, 6) is -1.17. The number of hydrogen-bond donors (Lipinski definition) is 2. The van der Waals surface area contributed by atoms with Crippen LogP contribution in [-0.4, -0.2) is 45.8 Å². The second kappa shape index (κ2) is 7.12. The van der Waals surface area contributed by atoms with Gasteiger partial charge >= 0.3 is 5.97 Å². The number of aromatic carboxylic acids is 1. The van der Waals surface area contributed by atoms with Crippen LogP contribution in [0.3, 0.4) is 0 Å². The maximum Gasteiger partial charge on any atom is 0.335 e. The van der Waals surface area contributed by atoms with E-state index in [0.29, 0.717) is 18.9 Å². The summed E-state index contributed by atoms with van der Waals surface area (Å²) >= 11 is 0. The number of morpholine rings is 1. The summed E-state index contributed by atoms with van der Waals surface area (Å²) in [6, 6.07) is 12.3. The molecule has 1 heterocycles. The third-order valence-corrected chi connectivity index (χ3v) is 5.24. The Balaban J connectivity index is 1.83. The molecule has 0 aromatic heterocycles. The lowest BCUT2D eigenvalue weighted by Gasteiger charge is -2.29. The van der Waals surface area contributed by atoms with Gasteiger partial charge in [-0.15, -0.1) is 0 Å². The van der Waals surface area contributed by atoms with E-state index in [1.54, 1.807) is 18.2 Å². The maximum atomic E-state index is 12.5. The van der Waals surface area contributed by atoms with Gasteiger partial charge in [-0.1, -0.05) is 12.1 Å². The summed E-state index contributed by atoms with van der Waals surface area (Å²) in [7, 11) is -3.87. The van der Waals surface area contributed by atoms with Gasteiger partial charge in [-0.3, -0.25) is 4.72 Å². The van der Waals surface area contributed by atoms with Crippen molar-refractivity contribution in [2.75, 3.05) is 35.9 Å². The van der Waals surface area contributed by atoms with E-state index in [2.05, 4.69) is 9.62 Å². The molecule has 0 atom stereocenters. The molecule has 1 saturated heterocycles. The van der Waals surface area contributed by atoms with Gasteiger partial charge in [0.1, 0.15) is 0 Å². The van der Waals surface area contributed by atoms with Gasteiger partial charge < -0.3 is 14.7 Å². The second-order valence-electron chi connectivity index (χ2n) is 5.59. The Morgan fingerprint density at radius 3 is 2.52 bits per heavy atom. The molecule has 0 aliphatic carbocycles. The lowest BCUT2D eigenvalue weighted by atomic mass is 10.2. The summed E-state index contributed by atoms with van der Waals surface area (Å²) in [6.07, 6.45) is 0. The lowest BCUT2D eigenvalue weighted by molar-refractivity contribution is 0.0696. The molecular weight excluding hydrogens is 344 g/mol. The molecule has 0 radical (unpaired) electrons. The summed E-state index contributed by atoms with van der Waals surface area (Å²) in [4.78, 5) is 13.1. The van der Waals surface area contributed by atoms with Crippen LogP contribution in [0.25, 0.3) is 0 Å². The predicted molar refractivity (Wildman–Crippen MR) is 93.7 cm³/mol. The molecule has 3 rings (SSSR count). The molecule has 132 valence electrons. The fourth-order valence-corrected chi connectivity index (χ4v) is 3.69. The first-order valence-corrected chi connectivity index (χ1v) is 9.23. The number of ether oxygens (including phenoxy) is 1. The number of sulfonamides is 1. The zero-order chi connectivity index (χ0) is 17.9. The van der Waals surface area contributed by atoms with E-state index in [1.165, 1.54) is 18.2 Å². The van der Waals surface area contributed by atoms with E-state index in [-0.39, 0.29) is 10.5 Å². The predicted octanol–water partition coefficient (Wildman–Crippen LogP) is 2.02. The number of anilines is 2. The molecule has 25 heavy (non-hydrogen) atoms. The zero-order valence-electron chi connectivity index (χ0n) is 13.4. The number of nitrogens with one attached hydrogen (secondary N) is 1. The number of carbonyl (C=O) groups is 1. The monoisotopic (exact) mass is 362 g/mol. The van der Waals surface area contributed by atoms with Gasteiger partial charge in [0.2, 0.25) is 0 Å². The van der Waals surface area contributed by atoms with Crippen molar-refractivity contribution in [1.29, 1.82) is 0 Å². The van der Waals surface area contributed by atoms with Crippen molar-refractivity contribution in [3.8, 4) is 0 Å². The molecule has 0 spiro atoms. The quantitative estimate of drug-likeness (QED) is 0.845. The summed E-state index contributed by atoms with van der Waals surface area (Å²) in [5.41, 5.74) is 1.25. The van der Waals surface area contributed by atoms with Crippen molar-refractivity contribution in [2.45, 2.75) is 4.90 Å². The molecular formula is C17H18N2O5S. The third kappa shape index (κ3) is 4.09. The Labute approximate surface area is 145 Å². The standard InChI is InChI=1S/C17H18N2O5S/c20-17(21)13-3-1-6-16(11-13)25(22,23)18-14-4-2-5-15(12-14)19-7-9-24-10-8-19/h1-6,11-12,18H,7-10H2,(H,20,21). The highest BCUT2D eigenvalue weighted by Crippen LogP contribution is 2.23. The molecule has 0 saturated carbocycles. The third-order valence-electron chi connectivity index (χ3n) is 3.87. The normalized spacial score (nSPS) is 15.0. The summed E-state index contributed by atoms with van der Waals surface area (Å²) < 4.78 is 32.9. The van der Waals surface area contributed by atoms with Crippen molar-refractivity contribution in [3.05, 3.63) is 54.1 Å². The molecule has 0 unspecified atom stereocenters. The fraction of sp³-hybridized carbons (Fsp3) is 0.235. The molecule has 1 aliphatic rings. The first-order chi connectivity index (χ1) is 12.0. The molecule has 0 bridgehead atoms. The van der Waals surface area contributed by atoms with Gasteiger partial charge in [0, 0.05) is 18.8 Å². The Kier molecular flexibility index (Phi) is 4.91. The average Bonchev–Trinajstić information content (AvgIpc) is 2.62. The van der Waals surface area contributed by atoms with Crippen LogP contribution in [0.15, 0.2) is 53.4 Å². The number of benzene rings is 2. The van der Waals surface area contributed by atoms with Crippen molar-refractivity contribution in [3.63, 3.8) is 0 Å². The first kappa shape index (κ1) is 17.2. The minimum absolute atomic E-state index is 0.0788. The first-order valence-electron chi connectivity index (χ1n) is 7.75. The summed E-state index contributed by atoms with van der Waals surface area (Å²) in [6.45, 7) is 2.77. The van der Waals surface area contributed by atoms with Crippen LogP contribution in [0.4, 0.5) is 11.4 Å². The highest BCUT2D eigenvalue weighted by atomic mass is 32.2. The largest absolute Gasteiger partial charge is 0.478 e. The van der Waals surface area contributed by atoms with Gasteiger partial charge in [0.25, 0.3) is 10.0 Å². The minimum atomic E-state index is -3.87. The molecule has 1 aliphatic heterocycles. The Hall–Kier alpha value is -2.58. The van der Waals surface area contributed by atoms with Gasteiger partial charge in [-0.25, -0.2) is 13.2 Å². The molecule has 1 fully saturated rings. The van der Waals surface area contributed by atoms with Crippen LogP contribution in [0, 0.1) is 0 Å². The van der Waals surface area contributed by atoms with Crippen molar-refractivity contribution < 1.29 is 23.1 Å². The number of hydrogen-bond acceptors (Lipinski definition) is 5. The van der Waals surface area contributed by atoms with Crippen molar-refractivity contribution in [2.24, 2.45) is 0 Å². The van der Waals surface area contributed by atoms with Gasteiger partial charge in [-0.2, -0.15) is 0 Å². The van der Waals surface area contributed by atoms with Crippen LogP contribution in [-0.2, 0) is 14.8 Å². The average molecular weight is 362 g/mol. The van der Waals surface area contributed by atoms with Crippen LogP contribution in [0.1, 0.15) is 10.4 Å². The highest BCUT2D eigenvalue weighted by Gasteiger charge is 2.17. The molecule has 2 N–H and O–H groups in total. The highest BCUT2D eigenvalue weighted by molar-refractivity contribution is 7.92. The smallest absolute Gasteiger partial charge is 0.335 e. The Morgan fingerprint density at radius 1 is 1.08 bits per heavy atom. The van der Waals surface area contributed by atoms with E-state index in [4.69, 9.17) is 9.84 Å². The zero-order valence-corrected chi connectivity index (χ0v) is 14.2. The Bertz CT molecular complexity index is 876. The number of nitrogens with zero attached hydrogens (tertiary/aromatic N) is 1. The lowest BCUT2D eigenvalue weighted by Crippen LogP contribution is -2.36. The molecule has 0 amide bonds. The SMILES string of the molecule is O=C(O)c1cccc(S(=O)(=O)Nc2cccc(N3CCOCC3)c2)c1. The topological polar surface area (TPSA) is 95.9 Å². The van der Waals surface area contributed by atoms with Gasteiger partial charge in [0.15, 0.2) is 0 Å². The Morgan fingerprint density at radius 2 is 1.80 bits per heavy atom. The van der Waals surface area contributed by atoms with E-state index in [0.717, 1.165) is 24.8 Å². The number of carboxylic acids is 1.